The number of hydrogen-bond acceptors (Lipinski definition) is 6. The number of nitrogens with one attached hydrogen (secondary N) is 1. The van der Waals surface area contributed by atoms with Gasteiger partial charge in [0.2, 0.25) is 6.41 Å². The number of hydrogen-bond donors (Lipinski definition) is 3. The average molecular weight is 338 g/mol. The first-order valence-corrected chi connectivity index (χ1v) is 7.09. The van der Waals surface area contributed by atoms with Crippen LogP contribution in [0.3, 0.4) is 0 Å². The van der Waals surface area contributed by atoms with Gasteiger partial charge in [-0.3, -0.25) is 10.2 Å². The van der Waals surface area contributed by atoms with E-state index in [1.54, 1.807) is 35.8 Å². The third kappa shape index (κ3) is 5.74. The van der Waals surface area contributed by atoms with Crippen LogP contribution in [0, 0.1) is 6.92 Å². The second-order valence-corrected chi connectivity index (χ2v) is 4.91. The van der Waals surface area contributed by atoms with E-state index in [1.165, 1.54) is 0 Å². The fourth-order valence-corrected chi connectivity index (χ4v) is 2.01. The molecule has 0 unspecified atom stereocenters. The van der Waals surface area contributed by atoms with E-state index < -0.39 is 0 Å². The van der Waals surface area contributed by atoms with E-state index in [0.29, 0.717) is 23.9 Å². The maximum atomic E-state index is 8.94. The van der Waals surface area contributed by atoms with Gasteiger partial charge in [-0.2, -0.15) is 0 Å². The molecule has 2 aromatic rings. The van der Waals surface area contributed by atoms with Crippen LogP contribution in [-0.2, 0) is 11.4 Å². The van der Waals surface area contributed by atoms with E-state index in [9.17, 15) is 0 Å². The lowest BCUT2D eigenvalue weighted by atomic mass is 10.1. The number of nitrogens with two attached hydrogens (primary N) is 2. The van der Waals surface area contributed by atoms with E-state index in [0.717, 1.165) is 16.8 Å². The van der Waals surface area contributed by atoms with Gasteiger partial charge >= 0.3 is 0 Å². The molecule has 0 spiro atoms. The van der Waals surface area contributed by atoms with Crippen molar-refractivity contribution in [2.45, 2.75) is 13.5 Å². The second kappa shape index (κ2) is 9.62. The predicted octanol–water partition coefficient (Wildman–Crippen LogP) is 1.54. The number of amides is 1. The summed E-state index contributed by atoms with van der Waals surface area (Å²) in [5.41, 5.74) is 4.84. The van der Waals surface area contributed by atoms with E-state index in [4.69, 9.17) is 27.0 Å². The topological polar surface area (TPSA) is 106 Å². The number of hydrazine groups is 2. The van der Waals surface area contributed by atoms with Crippen LogP contribution in [0.5, 0.6) is 5.75 Å². The normalized spacial score (nSPS) is 9.43. The molecule has 0 aliphatic carbocycles. The van der Waals surface area contributed by atoms with E-state index in [1.807, 2.05) is 25.1 Å². The Balaban J connectivity index is 0.000000593. The first-order chi connectivity index (χ1) is 11.0. The monoisotopic (exact) mass is 337 g/mol. The summed E-state index contributed by atoms with van der Waals surface area (Å²) in [7, 11) is 1.80. The number of rotatable bonds is 5. The zero-order valence-corrected chi connectivity index (χ0v) is 13.7. The maximum Gasteiger partial charge on any atom is 0.221 e. The number of carbonyl (C=O) groups excluding carboxylic acids is 1. The van der Waals surface area contributed by atoms with Gasteiger partial charge in [-0.15, -0.1) is 0 Å². The molecule has 1 amide bonds. The third-order valence-electron chi connectivity index (χ3n) is 2.93. The summed E-state index contributed by atoms with van der Waals surface area (Å²) < 4.78 is 5.72. The Morgan fingerprint density at radius 1 is 1.39 bits per heavy atom. The highest BCUT2D eigenvalue weighted by Gasteiger charge is 2.09. The van der Waals surface area contributed by atoms with Gasteiger partial charge < -0.3 is 9.75 Å². The van der Waals surface area contributed by atoms with E-state index in [-0.39, 0.29) is 0 Å². The highest BCUT2D eigenvalue weighted by molar-refractivity contribution is 6.30. The van der Waals surface area contributed by atoms with Crippen LogP contribution < -0.4 is 26.9 Å². The molecule has 5 N–H and O–H groups in total. The zero-order chi connectivity index (χ0) is 17.2. The van der Waals surface area contributed by atoms with Crippen molar-refractivity contribution >= 4 is 23.7 Å². The molecule has 124 valence electrons. The van der Waals surface area contributed by atoms with Crippen molar-refractivity contribution in [1.29, 1.82) is 0 Å². The molecule has 8 heteroatoms. The maximum absolute atomic E-state index is 8.94. The number of nitrogens with zero attached hydrogens (tertiary/aromatic N) is 2. The van der Waals surface area contributed by atoms with Crippen molar-refractivity contribution < 1.29 is 9.53 Å². The highest BCUT2D eigenvalue weighted by atomic mass is 35.5. The second-order valence-electron chi connectivity index (χ2n) is 4.55. The molecule has 23 heavy (non-hydrogen) atoms. The number of aryl methyl sites for hydroxylation is 1. The minimum atomic E-state index is 0.360. The van der Waals surface area contributed by atoms with Crippen molar-refractivity contribution in [2.24, 2.45) is 11.7 Å². The fraction of sp³-hybridized carbons (Fsp3) is 0.200. The van der Waals surface area contributed by atoms with Gasteiger partial charge in [-0.1, -0.05) is 23.7 Å². The largest absolute Gasteiger partial charge is 0.486 e. The smallest absolute Gasteiger partial charge is 0.221 e. The molecule has 0 aliphatic rings. The molecule has 1 heterocycles. The summed E-state index contributed by atoms with van der Waals surface area (Å²) in [6.07, 6.45) is 2.03. The fourth-order valence-electron chi connectivity index (χ4n) is 1.83. The van der Waals surface area contributed by atoms with Crippen molar-refractivity contribution in [3.63, 3.8) is 0 Å². The molecule has 0 bridgehead atoms. The summed E-state index contributed by atoms with van der Waals surface area (Å²) >= 11 is 5.96. The van der Waals surface area contributed by atoms with Gasteiger partial charge in [0.15, 0.2) is 10.9 Å². The lowest BCUT2D eigenvalue weighted by Gasteiger charge is -2.19. The van der Waals surface area contributed by atoms with Gasteiger partial charge in [0.25, 0.3) is 0 Å². The van der Waals surface area contributed by atoms with Crippen LogP contribution in [0.1, 0.15) is 11.1 Å². The Bertz CT molecular complexity index is 637. The van der Waals surface area contributed by atoms with E-state index in [2.05, 4.69) is 10.8 Å². The van der Waals surface area contributed by atoms with Gasteiger partial charge in [0.05, 0.1) is 5.69 Å². The number of carbonyl (C=O) groups is 1. The lowest BCUT2D eigenvalue weighted by Crippen LogP contribution is -2.26. The minimum absolute atomic E-state index is 0.360. The Morgan fingerprint density at radius 2 is 2.09 bits per heavy atom. The molecule has 7 nitrogen and oxygen atoms in total. The van der Waals surface area contributed by atoms with Crippen molar-refractivity contribution in [3.05, 3.63) is 52.8 Å². The molecule has 1 aromatic heterocycles. The van der Waals surface area contributed by atoms with Gasteiger partial charge in [0, 0.05) is 18.8 Å². The summed E-state index contributed by atoms with van der Waals surface area (Å²) in [6, 6.07) is 9.52. The number of benzene rings is 1. The molecular formula is C15H20ClN5O2. The molecular weight excluding hydrogens is 318 g/mol. The third-order valence-corrected chi connectivity index (χ3v) is 3.21. The molecule has 0 radical (unpaired) electrons. The SMILES string of the molecule is Cc1cccc(N(C)N)c1COc1cccnc1Cl.NNC=O. The van der Waals surface area contributed by atoms with Crippen LogP contribution in [-0.4, -0.2) is 18.4 Å². The number of ether oxygens (including phenoxy) is 1. The standard InChI is InChI=1S/C14H16ClN3O.CH4N2O/c1-10-5-3-6-12(18(2)16)11(10)9-19-13-7-4-8-17-14(13)15;2-3-1-4/h3-8H,9,16H2,1-2H3;1H,2H2,(H,3,4). The van der Waals surface area contributed by atoms with Crippen molar-refractivity contribution in [3.8, 4) is 5.75 Å². The Morgan fingerprint density at radius 3 is 2.65 bits per heavy atom. The first kappa shape index (κ1) is 18.7. The molecule has 2 rings (SSSR count). The van der Waals surface area contributed by atoms with Crippen LogP contribution in [0.15, 0.2) is 36.5 Å². The van der Waals surface area contributed by atoms with Gasteiger partial charge in [-0.25, -0.2) is 16.7 Å². The number of halogens is 1. The molecule has 0 saturated carbocycles. The molecule has 0 aliphatic heterocycles. The summed E-state index contributed by atoms with van der Waals surface area (Å²) in [4.78, 5) is 12.9. The Hall–Kier alpha value is -2.35. The minimum Gasteiger partial charge on any atom is -0.486 e. The van der Waals surface area contributed by atoms with Gasteiger partial charge in [-0.05, 0) is 30.7 Å². The van der Waals surface area contributed by atoms with Crippen molar-refractivity contribution in [2.75, 3.05) is 12.1 Å². The Kier molecular flexibility index (Phi) is 7.82. The summed E-state index contributed by atoms with van der Waals surface area (Å²) in [5.74, 6) is 10.8. The quantitative estimate of drug-likeness (QED) is 0.251. The number of aromatic nitrogens is 1. The van der Waals surface area contributed by atoms with Gasteiger partial charge in [0.1, 0.15) is 6.61 Å². The van der Waals surface area contributed by atoms with Crippen LogP contribution in [0.2, 0.25) is 5.15 Å². The van der Waals surface area contributed by atoms with Crippen molar-refractivity contribution in [1.82, 2.24) is 10.4 Å². The van der Waals surface area contributed by atoms with Crippen LogP contribution >= 0.6 is 11.6 Å². The van der Waals surface area contributed by atoms with E-state index >= 15 is 0 Å². The van der Waals surface area contributed by atoms with Crippen LogP contribution in [0.25, 0.3) is 0 Å². The number of anilines is 1. The Labute approximate surface area is 140 Å². The zero-order valence-electron chi connectivity index (χ0n) is 13.0. The first-order valence-electron chi connectivity index (χ1n) is 6.71. The molecule has 0 saturated heterocycles. The molecule has 0 fully saturated rings. The average Bonchev–Trinajstić information content (AvgIpc) is 2.55. The number of pyridine rings is 1. The highest BCUT2D eigenvalue weighted by Crippen LogP contribution is 2.26. The summed E-state index contributed by atoms with van der Waals surface area (Å²) in [6.45, 7) is 2.42. The lowest BCUT2D eigenvalue weighted by molar-refractivity contribution is -0.109. The molecule has 1 aromatic carbocycles. The summed E-state index contributed by atoms with van der Waals surface area (Å²) in [5, 5.41) is 1.94. The van der Waals surface area contributed by atoms with Crippen LogP contribution in [0.4, 0.5) is 5.69 Å². The predicted molar refractivity (Wildman–Crippen MR) is 90.7 cm³/mol. The molecule has 0 atom stereocenters.